The fourth-order valence-corrected chi connectivity index (χ4v) is 5.93. The van der Waals surface area contributed by atoms with Crippen LogP contribution in [0.4, 0.5) is 5.69 Å². The van der Waals surface area contributed by atoms with Gasteiger partial charge in [-0.1, -0.05) is 29.8 Å². The summed E-state index contributed by atoms with van der Waals surface area (Å²) in [4.78, 5) is 28.4. The zero-order valence-corrected chi connectivity index (χ0v) is 26.7. The van der Waals surface area contributed by atoms with Crippen LogP contribution in [0.1, 0.15) is 33.3 Å². The number of carbonyl (C=O) groups excluding carboxylic acids is 2. The van der Waals surface area contributed by atoms with Crippen LogP contribution in [0, 0.1) is 0 Å². The topological polar surface area (TPSA) is 114 Å². The van der Waals surface area contributed by atoms with Crippen LogP contribution in [0.15, 0.2) is 71.6 Å². The Morgan fingerprint density at radius 3 is 2.16 bits per heavy atom. The highest BCUT2D eigenvalue weighted by molar-refractivity contribution is 7.92. The maximum Gasteiger partial charge on any atom is 0.264 e. The Morgan fingerprint density at radius 1 is 0.930 bits per heavy atom. The number of sulfonamides is 1. The van der Waals surface area contributed by atoms with Gasteiger partial charge in [0.1, 0.15) is 18.3 Å². The van der Waals surface area contributed by atoms with Gasteiger partial charge in [-0.05, 0) is 75.7 Å². The highest BCUT2D eigenvalue weighted by Gasteiger charge is 2.33. The molecule has 0 heterocycles. The predicted octanol–water partition coefficient (Wildman–Crippen LogP) is 4.89. The number of hydrogen-bond donors (Lipinski definition) is 1. The molecule has 3 rings (SSSR count). The standard InChI is InChI=1S/C31H38ClN3O7S/c1-7-42-25-14-12-24(13-15-25)35(43(38,39)26-16-17-28(40-5)29(18-26)41-6)20-30(36)34(22(4)31(37)33-21(2)3)19-23-10-8-9-11-27(23)32/h8-18,21-22H,7,19-20H2,1-6H3,(H,33,37)/t22-/m1/s1. The first-order chi connectivity index (χ1) is 20.4. The third-order valence-electron chi connectivity index (χ3n) is 6.55. The molecule has 0 bridgehead atoms. The number of nitrogens with zero attached hydrogens (tertiary/aromatic N) is 2. The van der Waals surface area contributed by atoms with Crippen LogP contribution in [0.2, 0.25) is 5.02 Å². The van der Waals surface area contributed by atoms with E-state index in [1.54, 1.807) is 55.5 Å². The van der Waals surface area contributed by atoms with Gasteiger partial charge >= 0.3 is 0 Å². The molecule has 12 heteroatoms. The van der Waals surface area contributed by atoms with Gasteiger partial charge in [-0.3, -0.25) is 13.9 Å². The second-order valence-electron chi connectivity index (χ2n) is 9.91. The highest BCUT2D eigenvalue weighted by Crippen LogP contribution is 2.33. The van der Waals surface area contributed by atoms with Crippen LogP contribution in [-0.2, 0) is 26.2 Å². The number of nitrogens with one attached hydrogen (secondary N) is 1. The summed E-state index contributed by atoms with van der Waals surface area (Å²) >= 11 is 6.41. The summed E-state index contributed by atoms with van der Waals surface area (Å²) in [5.41, 5.74) is 0.834. The summed E-state index contributed by atoms with van der Waals surface area (Å²) in [5, 5.41) is 3.24. The first-order valence-electron chi connectivity index (χ1n) is 13.7. The van der Waals surface area contributed by atoms with Crippen LogP contribution < -0.4 is 23.8 Å². The molecule has 0 aliphatic rings. The molecular weight excluding hydrogens is 594 g/mol. The number of ether oxygens (including phenoxy) is 3. The van der Waals surface area contributed by atoms with E-state index in [9.17, 15) is 18.0 Å². The summed E-state index contributed by atoms with van der Waals surface area (Å²) < 4.78 is 45.4. The summed E-state index contributed by atoms with van der Waals surface area (Å²) in [7, 11) is -1.48. The predicted molar refractivity (Wildman–Crippen MR) is 166 cm³/mol. The Labute approximate surface area is 258 Å². The monoisotopic (exact) mass is 631 g/mol. The molecule has 232 valence electrons. The largest absolute Gasteiger partial charge is 0.494 e. The van der Waals surface area contributed by atoms with Gasteiger partial charge in [-0.15, -0.1) is 0 Å². The number of hydrogen-bond acceptors (Lipinski definition) is 7. The van der Waals surface area contributed by atoms with Crippen molar-refractivity contribution in [1.29, 1.82) is 0 Å². The van der Waals surface area contributed by atoms with E-state index in [-0.39, 0.29) is 34.8 Å². The number of methoxy groups -OCH3 is 2. The van der Waals surface area contributed by atoms with E-state index in [0.29, 0.717) is 28.7 Å². The number of amides is 2. The third-order valence-corrected chi connectivity index (χ3v) is 8.69. The molecule has 0 aliphatic heterocycles. The summed E-state index contributed by atoms with van der Waals surface area (Å²) in [6, 6.07) is 16.4. The van der Waals surface area contributed by atoms with Gasteiger partial charge in [-0.2, -0.15) is 0 Å². The normalized spacial score (nSPS) is 11.9. The zero-order chi connectivity index (χ0) is 31.7. The van der Waals surface area contributed by atoms with Gasteiger partial charge in [0, 0.05) is 23.7 Å². The lowest BCUT2D eigenvalue weighted by atomic mass is 10.1. The van der Waals surface area contributed by atoms with Crippen molar-refractivity contribution in [2.45, 2.75) is 51.2 Å². The van der Waals surface area contributed by atoms with Crippen LogP contribution in [-0.4, -0.2) is 64.6 Å². The molecule has 0 saturated heterocycles. The molecule has 1 N–H and O–H groups in total. The first kappa shape index (κ1) is 33.5. The van der Waals surface area contributed by atoms with Crippen LogP contribution in [0.3, 0.4) is 0 Å². The fraction of sp³-hybridized carbons (Fsp3) is 0.355. The van der Waals surface area contributed by atoms with Crippen molar-refractivity contribution >= 4 is 39.1 Å². The van der Waals surface area contributed by atoms with E-state index in [1.807, 2.05) is 20.8 Å². The molecular formula is C31H38ClN3O7S. The van der Waals surface area contributed by atoms with Crippen molar-refractivity contribution in [3.05, 3.63) is 77.3 Å². The van der Waals surface area contributed by atoms with Crippen molar-refractivity contribution in [3.63, 3.8) is 0 Å². The summed E-state index contributed by atoms with van der Waals surface area (Å²) in [5.74, 6) is 0.109. The van der Waals surface area contributed by atoms with Crippen molar-refractivity contribution in [2.24, 2.45) is 0 Å². The molecule has 0 spiro atoms. The van der Waals surface area contributed by atoms with E-state index in [2.05, 4.69) is 5.32 Å². The van der Waals surface area contributed by atoms with E-state index in [0.717, 1.165) is 4.31 Å². The molecule has 1 atom stereocenters. The molecule has 0 aromatic heterocycles. The first-order valence-corrected chi connectivity index (χ1v) is 15.6. The molecule has 43 heavy (non-hydrogen) atoms. The van der Waals surface area contributed by atoms with Crippen molar-refractivity contribution in [2.75, 3.05) is 31.7 Å². The van der Waals surface area contributed by atoms with Gasteiger partial charge in [0.25, 0.3) is 10.0 Å². The van der Waals surface area contributed by atoms with Gasteiger partial charge < -0.3 is 24.4 Å². The van der Waals surface area contributed by atoms with Gasteiger partial charge in [0.05, 0.1) is 31.4 Å². The molecule has 0 saturated carbocycles. The molecule has 10 nitrogen and oxygen atoms in total. The SMILES string of the molecule is CCOc1ccc(N(CC(=O)N(Cc2ccccc2Cl)[C@H](C)C(=O)NC(C)C)S(=O)(=O)c2ccc(OC)c(OC)c2)cc1. The Kier molecular flexibility index (Phi) is 11.7. The third kappa shape index (κ3) is 8.32. The summed E-state index contributed by atoms with van der Waals surface area (Å²) in [6.07, 6.45) is 0. The molecule has 3 aromatic carbocycles. The van der Waals surface area contributed by atoms with E-state index in [1.165, 1.54) is 37.3 Å². The van der Waals surface area contributed by atoms with Crippen molar-refractivity contribution in [1.82, 2.24) is 10.2 Å². The van der Waals surface area contributed by atoms with E-state index < -0.39 is 28.5 Å². The number of benzene rings is 3. The lowest BCUT2D eigenvalue weighted by Gasteiger charge is -2.32. The fourth-order valence-electron chi connectivity index (χ4n) is 4.31. The van der Waals surface area contributed by atoms with Gasteiger partial charge in [0.2, 0.25) is 11.8 Å². The number of rotatable bonds is 14. The second-order valence-corrected chi connectivity index (χ2v) is 12.2. The van der Waals surface area contributed by atoms with E-state index >= 15 is 0 Å². The maximum atomic E-state index is 14.2. The highest BCUT2D eigenvalue weighted by atomic mass is 35.5. The average Bonchev–Trinajstić information content (AvgIpc) is 2.98. The smallest absolute Gasteiger partial charge is 0.264 e. The number of halogens is 1. The molecule has 3 aromatic rings. The Bertz CT molecular complexity index is 1510. The van der Waals surface area contributed by atoms with Crippen LogP contribution in [0.5, 0.6) is 17.2 Å². The molecule has 0 radical (unpaired) electrons. The second kappa shape index (κ2) is 15.0. The zero-order valence-electron chi connectivity index (χ0n) is 25.2. The molecule has 0 unspecified atom stereocenters. The molecule has 0 fully saturated rings. The lowest BCUT2D eigenvalue weighted by Crippen LogP contribution is -2.52. The van der Waals surface area contributed by atoms with Crippen LogP contribution in [0.25, 0.3) is 0 Å². The van der Waals surface area contributed by atoms with Gasteiger partial charge in [-0.25, -0.2) is 8.42 Å². The minimum absolute atomic E-state index is 0.0152. The average molecular weight is 632 g/mol. The van der Waals surface area contributed by atoms with Crippen LogP contribution >= 0.6 is 11.6 Å². The van der Waals surface area contributed by atoms with Crippen molar-refractivity contribution in [3.8, 4) is 17.2 Å². The minimum Gasteiger partial charge on any atom is -0.494 e. The number of anilines is 1. The minimum atomic E-state index is -4.33. The van der Waals surface area contributed by atoms with E-state index in [4.69, 9.17) is 25.8 Å². The maximum absolute atomic E-state index is 14.2. The molecule has 0 aliphatic carbocycles. The van der Waals surface area contributed by atoms with Crippen molar-refractivity contribution < 1.29 is 32.2 Å². The Hall–Kier alpha value is -3.96. The Balaban J connectivity index is 2.09. The number of carbonyl (C=O) groups is 2. The van der Waals surface area contributed by atoms with Gasteiger partial charge in [0.15, 0.2) is 11.5 Å². The quantitative estimate of drug-likeness (QED) is 0.269. The Morgan fingerprint density at radius 2 is 1.58 bits per heavy atom. The lowest BCUT2D eigenvalue weighted by molar-refractivity contribution is -0.139. The summed E-state index contributed by atoms with van der Waals surface area (Å²) in [6.45, 7) is 6.87. The molecule has 2 amide bonds.